The van der Waals surface area contributed by atoms with Gasteiger partial charge in [0.15, 0.2) is 0 Å². The van der Waals surface area contributed by atoms with Crippen molar-refractivity contribution in [2.24, 2.45) is 11.8 Å². The molecular weight excluding hydrogens is 373 g/mol. The summed E-state index contributed by atoms with van der Waals surface area (Å²) in [6, 6.07) is 2.66. The minimum Gasteiger partial charge on any atom is -0.489 e. The van der Waals surface area contributed by atoms with Crippen LogP contribution in [0.15, 0.2) is 18.2 Å². The molecule has 4 atom stereocenters. The number of nitrogens with one attached hydrogen (secondary N) is 2. The number of ether oxygens (including phenoxy) is 1. The average molecular weight is 396 g/mol. The second-order valence-electron chi connectivity index (χ2n) is 8.05. The van der Waals surface area contributed by atoms with Gasteiger partial charge in [-0.15, -0.1) is 0 Å². The summed E-state index contributed by atoms with van der Waals surface area (Å²) in [5, 5.41) is 5.45. The molecule has 152 valence electrons. The highest BCUT2D eigenvalue weighted by Gasteiger charge is 2.42. The van der Waals surface area contributed by atoms with Crippen LogP contribution in [0.5, 0.6) is 5.75 Å². The van der Waals surface area contributed by atoms with Gasteiger partial charge >= 0.3 is 6.18 Å². The summed E-state index contributed by atoms with van der Waals surface area (Å²) in [6.07, 6.45) is 0.123. The van der Waals surface area contributed by atoms with Gasteiger partial charge in [0, 0.05) is 19.0 Å². The maximum Gasteiger partial charge on any atom is 0.416 e. The van der Waals surface area contributed by atoms with E-state index in [1.165, 1.54) is 6.07 Å². The number of halogens is 3. The van der Waals surface area contributed by atoms with Crippen LogP contribution < -0.4 is 15.4 Å². The molecule has 2 amide bonds. The number of hydrogen-bond donors (Lipinski definition) is 2. The summed E-state index contributed by atoms with van der Waals surface area (Å²) in [6.45, 7) is 0.464. The van der Waals surface area contributed by atoms with Gasteiger partial charge in [-0.1, -0.05) is 0 Å². The largest absolute Gasteiger partial charge is 0.489 e. The average Bonchev–Trinajstić information content (AvgIpc) is 3.24. The molecule has 2 N–H and O–H groups in total. The molecule has 1 aromatic rings. The molecule has 1 aliphatic heterocycles. The summed E-state index contributed by atoms with van der Waals surface area (Å²) in [4.78, 5) is 24.2. The van der Waals surface area contributed by atoms with Crippen LogP contribution in [-0.2, 0) is 11.0 Å². The van der Waals surface area contributed by atoms with E-state index in [0.29, 0.717) is 24.8 Å². The Kier molecular flexibility index (Phi) is 4.97. The maximum absolute atomic E-state index is 13.2. The first kappa shape index (κ1) is 19.1. The highest BCUT2D eigenvalue weighted by molar-refractivity contribution is 5.97. The number of piperidine rings is 1. The lowest BCUT2D eigenvalue weighted by Crippen LogP contribution is -2.45. The van der Waals surface area contributed by atoms with Crippen LogP contribution in [0.4, 0.5) is 13.2 Å². The Bertz CT molecular complexity index is 780. The van der Waals surface area contributed by atoms with Crippen molar-refractivity contribution < 1.29 is 27.5 Å². The summed E-state index contributed by atoms with van der Waals surface area (Å²) in [5.41, 5.74) is -0.749. The standard InChI is InChI=1S/C20H23F3N2O3/c21-20(22,23)13-3-4-15(19(27)25-14-5-6-24-18(26)10-14)17(9-13)28-16-8-11-1-2-12(16)7-11/h3-4,9,11-12,14,16H,1-2,5-8,10H2,(H,24,26)(H,25,27)/t11?,12?,14?,16-/m1/s1. The lowest BCUT2D eigenvalue weighted by molar-refractivity contribution is -0.137. The van der Waals surface area contributed by atoms with E-state index in [0.717, 1.165) is 37.8 Å². The van der Waals surface area contributed by atoms with Crippen molar-refractivity contribution in [1.82, 2.24) is 10.6 Å². The molecule has 0 radical (unpaired) electrons. The number of carbonyl (C=O) groups is 2. The van der Waals surface area contributed by atoms with Gasteiger partial charge in [0.05, 0.1) is 11.1 Å². The van der Waals surface area contributed by atoms with Crippen molar-refractivity contribution in [2.75, 3.05) is 6.54 Å². The van der Waals surface area contributed by atoms with Crippen molar-refractivity contribution in [3.05, 3.63) is 29.3 Å². The Morgan fingerprint density at radius 1 is 1.18 bits per heavy atom. The van der Waals surface area contributed by atoms with E-state index in [9.17, 15) is 22.8 Å². The molecule has 28 heavy (non-hydrogen) atoms. The molecule has 3 aliphatic rings. The smallest absolute Gasteiger partial charge is 0.416 e. The zero-order valence-corrected chi connectivity index (χ0v) is 15.3. The zero-order valence-electron chi connectivity index (χ0n) is 15.3. The van der Waals surface area contributed by atoms with Gasteiger partial charge in [0.2, 0.25) is 5.91 Å². The SMILES string of the molecule is O=C1CC(NC(=O)c2ccc(C(F)(F)F)cc2O[C@@H]2CC3CCC2C3)CCN1. The third kappa shape index (κ3) is 3.95. The Balaban J connectivity index is 1.56. The van der Waals surface area contributed by atoms with E-state index in [-0.39, 0.29) is 35.8 Å². The van der Waals surface area contributed by atoms with Crippen LogP contribution in [-0.4, -0.2) is 30.5 Å². The molecule has 3 unspecified atom stereocenters. The molecule has 1 saturated heterocycles. The molecule has 5 nitrogen and oxygen atoms in total. The molecule has 1 heterocycles. The van der Waals surface area contributed by atoms with E-state index < -0.39 is 17.6 Å². The van der Waals surface area contributed by atoms with E-state index in [4.69, 9.17) is 4.74 Å². The first-order valence-corrected chi connectivity index (χ1v) is 9.75. The highest BCUT2D eigenvalue weighted by Crippen LogP contribution is 2.46. The molecule has 0 aromatic heterocycles. The van der Waals surface area contributed by atoms with Crippen LogP contribution in [0, 0.1) is 11.8 Å². The molecule has 2 aliphatic carbocycles. The highest BCUT2D eigenvalue weighted by atomic mass is 19.4. The van der Waals surface area contributed by atoms with Crippen LogP contribution in [0.25, 0.3) is 0 Å². The lowest BCUT2D eigenvalue weighted by Gasteiger charge is -2.26. The van der Waals surface area contributed by atoms with Crippen molar-refractivity contribution in [2.45, 2.75) is 56.8 Å². The van der Waals surface area contributed by atoms with Gasteiger partial charge in [-0.05, 0) is 62.1 Å². The second kappa shape index (κ2) is 7.29. The fraction of sp³-hybridized carbons (Fsp3) is 0.600. The number of alkyl halides is 3. The van der Waals surface area contributed by atoms with Gasteiger partial charge < -0.3 is 15.4 Å². The van der Waals surface area contributed by atoms with E-state index >= 15 is 0 Å². The third-order valence-corrected chi connectivity index (χ3v) is 6.09. The van der Waals surface area contributed by atoms with Crippen molar-refractivity contribution in [3.63, 3.8) is 0 Å². The van der Waals surface area contributed by atoms with Crippen LogP contribution in [0.2, 0.25) is 0 Å². The first-order valence-electron chi connectivity index (χ1n) is 9.75. The minimum atomic E-state index is -4.51. The number of hydrogen-bond acceptors (Lipinski definition) is 3. The van der Waals surface area contributed by atoms with Gasteiger partial charge in [-0.3, -0.25) is 9.59 Å². The number of fused-ring (bicyclic) bond motifs is 2. The fourth-order valence-electron chi connectivity index (χ4n) is 4.65. The van der Waals surface area contributed by atoms with Crippen molar-refractivity contribution in [1.29, 1.82) is 0 Å². The van der Waals surface area contributed by atoms with Crippen molar-refractivity contribution >= 4 is 11.8 Å². The topological polar surface area (TPSA) is 67.4 Å². The number of benzene rings is 1. The summed E-state index contributed by atoms with van der Waals surface area (Å²) in [5.74, 6) is 0.232. The van der Waals surface area contributed by atoms with Crippen LogP contribution >= 0.6 is 0 Å². The second-order valence-corrected chi connectivity index (χ2v) is 8.05. The lowest BCUT2D eigenvalue weighted by atomic mass is 9.97. The zero-order chi connectivity index (χ0) is 19.9. The Morgan fingerprint density at radius 3 is 2.64 bits per heavy atom. The van der Waals surface area contributed by atoms with Crippen LogP contribution in [0.3, 0.4) is 0 Å². The molecule has 2 saturated carbocycles. The van der Waals surface area contributed by atoms with E-state index in [2.05, 4.69) is 10.6 Å². The first-order chi connectivity index (χ1) is 13.3. The van der Waals surface area contributed by atoms with E-state index in [1.807, 2.05) is 0 Å². The summed E-state index contributed by atoms with van der Waals surface area (Å²) < 4.78 is 45.5. The summed E-state index contributed by atoms with van der Waals surface area (Å²) in [7, 11) is 0. The number of rotatable bonds is 4. The molecular formula is C20H23F3N2O3. The monoisotopic (exact) mass is 396 g/mol. The molecule has 3 fully saturated rings. The quantitative estimate of drug-likeness (QED) is 0.821. The molecule has 1 aromatic carbocycles. The number of carbonyl (C=O) groups excluding carboxylic acids is 2. The number of amides is 2. The Hall–Kier alpha value is -2.25. The van der Waals surface area contributed by atoms with E-state index in [1.54, 1.807) is 0 Å². The summed E-state index contributed by atoms with van der Waals surface area (Å²) >= 11 is 0. The Morgan fingerprint density at radius 2 is 2.00 bits per heavy atom. The Labute approximate surface area is 161 Å². The molecule has 8 heteroatoms. The maximum atomic E-state index is 13.2. The fourth-order valence-corrected chi connectivity index (χ4v) is 4.65. The normalized spacial score (nSPS) is 29.5. The molecule has 4 rings (SSSR count). The van der Waals surface area contributed by atoms with Gasteiger partial charge in [0.25, 0.3) is 5.91 Å². The minimum absolute atomic E-state index is 0.0230. The third-order valence-electron chi connectivity index (χ3n) is 6.09. The van der Waals surface area contributed by atoms with Gasteiger partial charge in [0.1, 0.15) is 11.9 Å². The van der Waals surface area contributed by atoms with Gasteiger partial charge in [-0.2, -0.15) is 13.2 Å². The van der Waals surface area contributed by atoms with Crippen LogP contribution in [0.1, 0.15) is 54.4 Å². The van der Waals surface area contributed by atoms with Gasteiger partial charge in [-0.25, -0.2) is 0 Å². The van der Waals surface area contributed by atoms with Crippen molar-refractivity contribution in [3.8, 4) is 5.75 Å². The molecule has 2 bridgehead atoms. The predicted molar refractivity (Wildman–Crippen MR) is 94.8 cm³/mol. The predicted octanol–water partition coefficient (Wildman–Crippen LogP) is 3.28. The molecule has 0 spiro atoms.